The highest BCUT2D eigenvalue weighted by Crippen LogP contribution is 2.48. The zero-order valence-corrected chi connectivity index (χ0v) is 16.4. The van der Waals surface area contributed by atoms with E-state index in [1.165, 1.54) is 0 Å². The average molecular weight is 414 g/mol. The Morgan fingerprint density at radius 1 is 1.08 bits per heavy atom. The molecule has 5 heteroatoms. The maximum absolute atomic E-state index is 12.8. The molecule has 0 fully saturated rings. The summed E-state index contributed by atoms with van der Waals surface area (Å²) in [7, 11) is 3.26. The van der Waals surface area contributed by atoms with Gasteiger partial charge < -0.3 is 14.8 Å². The standard InChI is InChI=1S/C21H20BrNO3/c1-25-18-10-14-16(11-19(18)26-2)23-15-7-4-8-17(24)21(15)20(14)12-5-3-6-13(22)9-12/h3,5-6,9-11,20,23H,4,7-8H2,1-2H3. The first-order chi connectivity index (χ1) is 12.6. The minimum atomic E-state index is -0.105. The van der Waals surface area contributed by atoms with E-state index >= 15 is 0 Å². The number of anilines is 1. The van der Waals surface area contributed by atoms with Crippen molar-refractivity contribution in [1.82, 2.24) is 0 Å². The van der Waals surface area contributed by atoms with E-state index < -0.39 is 0 Å². The molecule has 0 bridgehead atoms. The van der Waals surface area contributed by atoms with E-state index in [9.17, 15) is 4.79 Å². The molecule has 4 rings (SSSR count). The second kappa shape index (κ2) is 6.80. The van der Waals surface area contributed by atoms with Crippen LogP contribution in [0.3, 0.4) is 0 Å². The van der Waals surface area contributed by atoms with Gasteiger partial charge in [-0.15, -0.1) is 0 Å². The van der Waals surface area contributed by atoms with Crippen LogP contribution in [0.15, 0.2) is 52.1 Å². The maximum atomic E-state index is 12.8. The predicted octanol–water partition coefficient (Wildman–Crippen LogP) is 5.03. The summed E-state index contributed by atoms with van der Waals surface area (Å²) in [4.78, 5) is 12.8. The van der Waals surface area contributed by atoms with E-state index in [0.29, 0.717) is 17.9 Å². The lowest BCUT2D eigenvalue weighted by atomic mass is 9.75. The van der Waals surface area contributed by atoms with E-state index in [0.717, 1.165) is 45.4 Å². The normalized spacial score (nSPS) is 18.7. The number of fused-ring (bicyclic) bond motifs is 1. The van der Waals surface area contributed by atoms with E-state index in [1.807, 2.05) is 24.3 Å². The van der Waals surface area contributed by atoms with Crippen LogP contribution in [0, 0.1) is 0 Å². The summed E-state index contributed by atoms with van der Waals surface area (Å²) >= 11 is 3.56. The fraction of sp³-hybridized carbons (Fsp3) is 0.286. The van der Waals surface area contributed by atoms with Gasteiger partial charge in [0.2, 0.25) is 0 Å². The lowest BCUT2D eigenvalue weighted by Gasteiger charge is -2.34. The SMILES string of the molecule is COc1cc2c(cc1OC)C(c1cccc(Br)c1)C1=C(CCCC1=O)N2. The van der Waals surface area contributed by atoms with Gasteiger partial charge in [0.05, 0.1) is 14.2 Å². The molecule has 2 aliphatic rings. The topological polar surface area (TPSA) is 47.6 Å². The van der Waals surface area contributed by atoms with Crippen molar-refractivity contribution in [1.29, 1.82) is 0 Å². The van der Waals surface area contributed by atoms with Gasteiger partial charge in [0, 0.05) is 39.8 Å². The molecule has 4 nitrogen and oxygen atoms in total. The highest BCUT2D eigenvalue weighted by molar-refractivity contribution is 9.10. The van der Waals surface area contributed by atoms with Crippen molar-refractivity contribution in [2.45, 2.75) is 25.2 Å². The molecule has 0 radical (unpaired) electrons. The summed E-state index contributed by atoms with van der Waals surface area (Å²) < 4.78 is 12.0. The van der Waals surface area contributed by atoms with Crippen LogP contribution in [0.2, 0.25) is 0 Å². The number of ether oxygens (including phenoxy) is 2. The molecule has 1 aliphatic heterocycles. The minimum Gasteiger partial charge on any atom is -0.493 e. The molecule has 1 N–H and O–H groups in total. The first-order valence-corrected chi connectivity index (χ1v) is 9.46. The quantitative estimate of drug-likeness (QED) is 0.766. The van der Waals surface area contributed by atoms with E-state index in [-0.39, 0.29) is 11.7 Å². The van der Waals surface area contributed by atoms with Crippen LogP contribution < -0.4 is 14.8 Å². The number of ketones is 1. The number of nitrogens with one attached hydrogen (secondary N) is 1. The lowest BCUT2D eigenvalue weighted by molar-refractivity contribution is -0.116. The average Bonchev–Trinajstić information content (AvgIpc) is 2.65. The number of benzene rings is 2. The largest absolute Gasteiger partial charge is 0.493 e. The van der Waals surface area contributed by atoms with Crippen molar-refractivity contribution < 1.29 is 14.3 Å². The highest BCUT2D eigenvalue weighted by atomic mass is 79.9. The maximum Gasteiger partial charge on any atom is 0.162 e. The van der Waals surface area contributed by atoms with Gasteiger partial charge in [-0.1, -0.05) is 28.1 Å². The predicted molar refractivity (Wildman–Crippen MR) is 105 cm³/mol. The smallest absolute Gasteiger partial charge is 0.162 e. The number of halogens is 1. The monoisotopic (exact) mass is 413 g/mol. The number of methoxy groups -OCH3 is 2. The third kappa shape index (κ3) is 2.80. The van der Waals surface area contributed by atoms with Crippen molar-refractivity contribution in [3.63, 3.8) is 0 Å². The Kier molecular flexibility index (Phi) is 4.49. The van der Waals surface area contributed by atoms with Gasteiger partial charge in [-0.3, -0.25) is 4.79 Å². The summed E-state index contributed by atoms with van der Waals surface area (Å²) in [5.74, 6) is 1.47. The molecule has 1 heterocycles. The van der Waals surface area contributed by atoms with Gasteiger partial charge in [-0.05, 0) is 42.2 Å². The molecule has 0 spiro atoms. The molecule has 0 saturated carbocycles. The second-order valence-corrected chi connectivity index (χ2v) is 7.49. The van der Waals surface area contributed by atoms with Crippen molar-refractivity contribution in [3.8, 4) is 11.5 Å². The van der Waals surface area contributed by atoms with Crippen LogP contribution >= 0.6 is 15.9 Å². The van der Waals surface area contributed by atoms with Crippen LogP contribution in [0.1, 0.15) is 36.3 Å². The highest BCUT2D eigenvalue weighted by Gasteiger charge is 2.36. The summed E-state index contributed by atoms with van der Waals surface area (Å²) in [6.45, 7) is 0. The summed E-state index contributed by atoms with van der Waals surface area (Å²) in [5, 5.41) is 3.48. The van der Waals surface area contributed by atoms with Crippen LogP contribution in [-0.4, -0.2) is 20.0 Å². The lowest BCUT2D eigenvalue weighted by Crippen LogP contribution is -2.27. The van der Waals surface area contributed by atoms with Crippen LogP contribution in [0.25, 0.3) is 0 Å². The number of carbonyl (C=O) groups excluding carboxylic acids is 1. The zero-order valence-electron chi connectivity index (χ0n) is 14.8. The Labute approximate surface area is 161 Å². The van der Waals surface area contributed by atoms with Crippen molar-refractivity contribution >= 4 is 27.4 Å². The fourth-order valence-electron chi connectivity index (χ4n) is 3.92. The number of allylic oxidation sites excluding steroid dienone is 2. The van der Waals surface area contributed by atoms with Gasteiger partial charge in [-0.25, -0.2) is 0 Å². The number of Topliss-reactive ketones (excluding diaryl/α,β-unsaturated/α-hetero) is 1. The molecular formula is C21H20BrNO3. The van der Waals surface area contributed by atoms with Crippen molar-refractivity contribution in [2.75, 3.05) is 19.5 Å². The first kappa shape index (κ1) is 17.2. The van der Waals surface area contributed by atoms with Gasteiger partial charge in [0.15, 0.2) is 17.3 Å². The Bertz CT molecular complexity index is 919. The Hall–Kier alpha value is -2.27. The summed E-state index contributed by atoms with van der Waals surface area (Å²) in [6, 6.07) is 12.1. The Morgan fingerprint density at radius 3 is 2.58 bits per heavy atom. The third-order valence-corrected chi connectivity index (χ3v) is 5.57. The fourth-order valence-corrected chi connectivity index (χ4v) is 4.34. The van der Waals surface area contributed by atoms with E-state index in [4.69, 9.17) is 9.47 Å². The Balaban J connectivity index is 1.96. The van der Waals surface area contributed by atoms with Gasteiger partial charge in [0.25, 0.3) is 0 Å². The molecule has 0 aromatic heterocycles. The summed E-state index contributed by atoms with van der Waals surface area (Å²) in [6.07, 6.45) is 2.38. The number of rotatable bonds is 3. The second-order valence-electron chi connectivity index (χ2n) is 6.58. The Morgan fingerprint density at radius 2 is 1.85 bits per heavy atom. The molecule has 1 unspecified atom stereocenters. The molecule has 1 atom stereocenters. The van der Waals surface area contributed by atoms with Crippen LogP contribution in [-0.2, 0) is 4.79 Å². The molecule has 2 aromatic rings. The van der Waals surface area contributed by atoms with E-state index in [1.54, 1.807) is 14.2 Å². The van der Waals surface area contributed by atoms with Crippen LogP contribution in [0.5, 0.6) is 11.5 Å². The first-order valence-electron chi connectivity index (χ1n) is 8.67. The molecule has 1 aliphatic carbocycles. The van der Waals surface area contributed by atoms with Gasteiger partial charge in [-0.2, -0.15) is 0 Å². The van der Waals surface area contributed by atoms with E-state index in [2.05, 4.69) is 33.4 Å². The van der Waals surface area contributed by atoms with Gasteiger partial charge >= 0.3 is 0 Å². The van der Waals surface area contributed by atoms with Crippen LogP contribution in [0.4, 0.5) is 5.69 Å². The number of carbonyl (C=O) groups is 1. The molecule has 134 valence electrons. The third-order valence-electron chi connectivity index (χ3n) is 5.08. The minimum absolute atomic E-state index is 0.105. The zero-order chi connectivity index (χ0) is 18.3. The number of hydrogen-bond acceptors (Lipinski definition) is 4. The molecule has 0 amide bonds. The number of hydrogen-bond donors (Lipinski definition) is 1. The van der Waals surface area contributed by atoms with Crippen molar-refractivity contribution in [3.05, 3.63) is 63.3 Å². The molecule has 26 heavy (non-hydrogen) atoms. The van der Waals surface area contributed by atoms with Gasteiger partial charge in [0.1, 0.15) is 0 Å². The molecule has 0 saturated heterocycles. The van der Waals surface area contributed by atoms with Crippen molar-refractivity contribution in [2.24, 2.45) is 0 Å². The molecule has 2 aromatic carbocycles. The summed E-state index contributed by atoms with van der Waals surface area (Å²) in [5.41, 5.74) is 5.02. The molecular weight excluding hydrogens is 394 g/mol.